The molecule has 1 aliphatic rings. The summed E-state index contributed by atoms with van der Waals surface area (Å²) in [5.74, 6) is 0.842. The summed E-state index contributed by atoms with van der Waals surface area (Å²) in [5.41, 5.74) is 3.09. The lowest BCUT2D eigenvalue weighted by Gasteiger charge is -2.30. The molecule has 126 valence electrons. The van der Waals surface area contributed by atoms with Crippen LogP contribution >= 0.6 is 11.3 Å². The van der Waals surface area contributed by atoms with Crippen LogP contribution in [0.2, 0.25) is 0 Å². The van der Waals surface area contributed by atoms with Gasteiger partial charge < -0.3 is 14.8 Å². The number of aromatic nitrogens is 3. The predicted molar refractivity (Wildman–Crippen MR) is 95.7 cm³/mol. The van der Waals surface area contributed by atoms with Crippen molar-refractivity contribution in [3.05, 3.63) is 23.7 Å². The van der Waals surface area contributed by atoms with Crippen molar-refractivity contribution in [2.75, 3.05) is 25.6 Å². The zero-order chi connectivity index (χ0) is 16.7. The Labute approximate surface area is 144 Å². The van der Waals surface area contributed by atoms with Gasteiger partial charge in [-0.15, -0.1) is 11.3 Å². The number of nitrogens with zero attached hydrogens (tertiary/aromatic N) is 3. The molecule has 7 heteroatoms. The molecule has 1 aliphatic heterocycles. The number of hydrogen-bond acceptors (Lipinski definition) is 7. The van der Waals surface area contributed by atoms with E-state index in [-0.39, 0.29) is 5.60 Å². The van der Waals surface area contributed by atoms with Crippen LogP contribution in [0.15, 0.2) is 12.4 Å². The molecule has 0 spiro atoms. The van der Waals surface area contributed by atoms with Gasteiger partial charge in [-0.1, -0.05) is 0 Å². The van der Waals surface area contributed by atoms with E-state index >= 15 is 0 Å². The molecule has 0 atom stereocenters. The second-order valence-electron chi connectivity index (χ2n) is 6.59. The first kappa shape index (κ1) is 15.7. The molecule has 0 unspecified atom stereocenters. The van der Waals surface area contributed by atoms with Crippen LogP contribution in [0.3, 0.4) is 0 Å². The van der Waals surface area contributed by atoms with E-state index < -0.39 is 0 Å². The van der Waals surface area contributed by atoms with Gasteiger partial charge in [0.05, 0.1) is 34.7 Å². The van der Waals surface area contributed by atoms with Crippen LogP contribution in [0, 0.1) is 0 Å². The number of fused-ring (bicyclic) bond motifs is 4. The summed E-state index contributed by atoms with van der Waals surface area (Å²) in [7, 11) is 1.69. The van der Waals surface area contributed by atoms with E-state index in [4.69, 9.17) is 14.5 Å². The first-order valence-electron chi connectivity index (χ1n) is 8.00. The third-order valence-electron chi connectivity index (χ3n) is 4.22. The Morgan fingerprint density at radius 3 is 3.08 bits per heavy atom. The van der Waals surface area contributed by atoms with Crippen molar-refractivity contribution in [3.8, 4) is 0 Å². The first-order valence-corrected chi connectivity index (χ1v) is 8.82. The topological polar surface area (TPSA) is 69.2 Å². The molecule has 0 fully saturated rings. The fourth-order valence-electron chi connectivity index (χ4n) is 2.98. The van der Waals surface area contributed by atoms with E-state index in [9.17, 15) is 0 Å². The lowest BCUT2D eigenvalue weighted by molar-refractivity contribution is -0.0411. The molecule has 24 heavy (non-hydrogen) atoms. The molecule has 1 N–H and O–H groups in total. The second kappa shape index (κ2) is 5.91. The Kier molecular flexibility index (Phi) is 3.86. The van der Waals surface area contributed by atoms with E-state index in [1.807, 2.05) is 0 Å². The van der Waals surface area contributed by atoms with E-state index in [1.165, 1.54) is 0 Å². The molecular weight excluding hydrogens is 324 g/mol. The van der Waals surface area contributed by atoms with Gasteiger partial charge in [0.15, 0.2) is 0 Å². The molecule has 4 rings (SSSR count). The number of hydrogen-bond donors (Lipinski definition) is 1. The molecule has 0 saturated carbocycles. The number of nitrogens with one attached hydrogen (secondary N) is 1. The SMILES string of the molecule is COCCNc1ncnc2c1sc1nc3c(cc12)COC(C)(C)C3. The molecule has 3 aromatic rings. The highest BCUT2D eigenvalue weighted by Crippen LogP contribution is 2.37. The highest BCUT2D eigenvalue weighted by Gasteiger charge is 2.28. The largest absolute Gasteiger partial charge is 0.383 e. The van der Waals surface area contributed by atoms with Gasteiger partial charge in [0, 0.05) is 31.0 Å². The van der Waals surface area contributed by atoms with Gasteiger partial charge in [0.1, 0.15) is 17.0 Å². The maximum atomic E-state index is 5.92. The second-order valence-corrected chi connectivity index (χ2v) is 7.59. The fourth-order valence-corrected chi connectivity index (χ4v) is 4.08. The summed E-state index contributed by atoms with van der Waals surface area (Å²) >= 11 is 1.64. The molecular formula is C17H20N4O2S. The van der Waals surface area contributed by atoms with Crippen molar-refractivity contribution in [3.63, 3.8) is 0 Å². The molecule has 3 aromatic heterocycles. The molecule has 0 saturated heterocycles. The van der Waals surface area contributed by atoms with Crippen molar-refractivity contribution >= 4 is 37.6 Å². The Balaban J connectivity index is 1.81. The van der Waals surface area contributed by atoms with E-state index in [0.29, 0.717) is 19.8 Å². The third kappa shape index (κ3) is 2.72. The Hall–Kier alpha value is -1.83. The highest BCUT2D eigenvalue weighted by atomic mass is 32.1. The monoisotopic (exact) mass is 344 g/mol. The molecule has 0 amide bonds. The van der Waals surface area contributed by atoms with Gasteiger partial charge in [0.2, 0.25) is 0 Å². The number of ether oxygens (including phenoxy) is 2. The van der Waals surface area contributed by atoms with E-state index in [2.05, 4.69) is 35.2 Å². The van der Waals surface area contributed by atoms with Crippen molar-refractivity contribution in [1.82, 2.24) is 15.0 Å². The zero-order valence-corrected chi connectivity index (χ0v) is 14.9. The minimum atomic E-state index is -0.156. The number of methoxy groups -OCH3 is 1. The first-order chi connectivity index (χ1) is 11.6. The van der Waals surface area contributed by atoms with Crippen LogP contribution in [-0.4, -0.2) is 40.8 Å². The van der Waals surface area contributed by atoms with E-state index in [0.717, 1.165) is 43.9 Å². The standard InChI is InChI=1S/C17H20N4O2S/c1-17(2)7-12-10(8-23-17)6-11-13-14(24-16(11)21-12)15(20-9-19-13)18-4-5-22-3/h6,9H,4-5,7-8H2,1-3H3,(H,18,19,20). The van der Waals surface area contributed by atoms with Crippen molar-refractivity contribution < 1.29 is 9.47 Å². The summed E-state index contributed by atoms with van der Waals surface area (Å²) in [6, 6.07) is 2.18. The van der Waals surface area contributed by atoms with Crippen molar-refractivity contribution in [1.29, 1.82) is 0 Å². The Bertz CT molecular complexity index is 906. The number of pyridine rings is 1. The predicted octanol–water partition coefficient (Wildman–Crippen LogP) is 3.15. The van der Waals surface area contributed by atoms with Gasteiger partial charge >= 0.3 is 0 Å². The number of rotatable bonds is 4. The summed E-state index contributed by atoms with van der Waals surface area (Å²) in [5, 5.41) is 4.39. The third-order valence-corrected chi connectivity index (χ3v) is 5.32. The van der Waals surface area contributed by atoms with Crippen LogP contribution in [0.25, 0.3) is 20.4 Å². The average Bonchev–Trinajstić information content (AvgIpc) is 2.90. The van der Waals surface area contributed by atoms with Gasteiger partial charge in [-0.25, -0.2) is 15.0 Å². The van der Waals surface area contributed by atoms with E-state index in [1.54, 1.807) is 24.8 Å². The van der Waals surface area contributed by atoms with Gasteiger partial charge in [-0.05, 0) is 19.9 Å². The fraction of sp³-hybridized carbons (Fsp3) is 0.471. The molecule has 0 aliphatic carbocycles. The lowest BCUT2D eigenvalue weighted by atomic mass is 9.95. The van der Waals surface area contributed by atoms with Crippen LogP contribution in [0.4, 0.5) is 5.82 Å². The number of thiophene rings is 1. The summed E-state index contributed by atoms with van der Waals surface area (Å²) < 4.78 is 12.1. The van der Waals surface area contributed by atoms with Crippen molar-refractivity contribution in [2.45, 2.75) is 32.5 Å². The van der Waals surface area contributed by atoms with Gasteiger partial charge in [-0.3, -0.25) is 0 Å². The maximum absolute atomic E-state index is 5.92. The van der Waals surface area contributed by atoms with Gasteiger partial charge in [0.25, 0.3) is 0 Å². The van der Waals surface area contributed by atoms with Crippen molar-refractivity contribution in [2.24, 2.45) is 0 Å². The maximum Gasteiger partial charge on any atom is 0.147 e. The molecule has 0 aromatic carbocycles. The summed E-state index contributed by atoms with van der Waals surface area (Å²) in [6.45, 7) is 6.16. The van der Waals surface area contributed by atoms with Crippen LogP contribution < -0.4 is 5.32 Å². The quantitative estimate of drug-likeness (QED) is 0.733. The number of anilines is 1. The van der Waals surface area contributed by atoms with Crippen LogP contribution in [0.5, 0.6) is 0 Å². The normalized spacial score (nSPS) is 16.5. The minimum Gasteiger partial charge on any atom is -0.383 e. The van der Waals surface area contributed by atoms with Crippen LogP contribution in [-0.2, 0) is 22.5 Å². The molecule has 6 nitrogen and oxygen atoms in total. The summed E-state index contributed by atoms with van der Waals surface area (Å²) in [4.78, 5) is 14.8. The van der Waals surface area contributed by atoms with Crippen LogP contribution in [0.1, 0.15) is 25.1 Å². The zero-order valence-electron chi connectivity index (χ0n) is 14.0. The Morgan fingerprint density at radius 2 is 2.25 bits per heavy atom. The minimum absolute atomic E-state index is 0.156. The smallest absolute Gasteiger partial charge is 0.147 e. The average molecular weight is 344 g/mol. The molecule has 4 heterocycles. The Morgan fingerprint density at radius 1 is 1.38 bits per heavy atom. The summed E-state index contributed by atoms with van der Waals surface area (Å²) in [6.07, 6.45) is 2.43. The molecule has 0 radical (unpaired) electrons. The highest BCUT2D eigenvalue weighted by molar-refractivity contribution is 7.25. The molecule has 0 bridgehead atoms. The lowest BCUT2D eigenvalue weighted by Crippen LogP contribution is -2.32. The van der Waals surface area contributed by atoms with Gasteiger partial charge in [-0.2, -0.15) is 0 Å².